The molecule has 6 unspecified atom stereocenters. The van der Waals surface area contributed by atoms with Crippen molar-refractivity contribution in [2.45, 2.75) is 256 Å². The lowest BCUT2D eigenvalue weighted by atomic mass is 9.99. The first-order valence-corrected chi connectivity index (χ1v) is 23.7. The van der Waals surface area contributed by atoms with Crippen LogP contribution in [0.15, 0.2) is 12.2 Å². The Balaban J connectivity index is 2.29. The van der Waals surface area contributed by atoms with Crippen LogP contribution in [0.25, 0.3) is 0 Å². The Bertz CT molecular complexity index is 1020. The highest BCUT2D eigenvalue weighted by molar-refractivity contribution is 5.73. The Morgan fingerprint density at radius 1 is 0.517 bits per heavy atom. The molecule has 1 saturated heterocycles. The Morgan fingerprint density at radius 2 is 0.931 bits per heavy atom. The van der Waals surface area contributed by atoms with Crippen LogP contribution in [0.4, 0.5) is 0 Å². The molecule has 0 aliphatic carbocycles. The number of ether oxygens (including phenoxy) is 4. The predicted molar refractivity (Wildman–Crippen MR) is 229 cm³/mol. The maximum atomic E-state index is 12.8. The lowest BCUT2D eigenvalue weighted by Crippen LogP contribution is -2.60. The maximum Gasteiger partial charge on any atom is 0.335 e. The van der Waals surface area contributed by atoms with E-state index in [0.29, 0.717) is 12.8 Å². The summed E-state index contributed by atoms with van der Waals surface area (Å²) in [6, 6.07) is 0. The monoisotopic (exact) mass is 827 g/mol. The fourth-order valence-electron chi connectivity index (χ4n) is 7.33. The van der Waals surface area contributed by atoms with Gasteiger partial charge in [-0.15, -0.1) is 0 Å². The average molecular weight is 827 g/mol. The number of carbonyl (C=O) groups excluding carboxylic acids is 2. The molecule has 1 fully saturated rings. The van der Waals surface area contributed by atoms with E-state index in [4.69, 9.17) is 18.9 Å². The number of aliphatic carboxylic acids is 1. The summed E-state index contributed by atoms with van der Waals surface area (Å²) in [5, 5.41) is 39.8. The number of carboxylic acid groups (broad SMARTS) is 1. The van der Waals surface area contributed by atoms with E-state index in [0.717, 1.165) is 57.8 Å². The zero-order chi connectivity index (χ0) is 42.5. The van der Waals surface area contributed by atoms with Crippen molar-refractivity contribution >= 4 is 17.9 Å². The van der Waals surface area contributed by atoms with E-state index in [1.807, 2.05) is 0 Å². The number of allylic oxidation sites excluding steroid dienone is 2. The van der Waals surface area contributed by atoms with Crippen molar-refractivity contribution < 1.29 is 53.8 Å². The molecule has 0 aromatic rings. The molecule has 0 amide bonds. The number of aliphatic hydroxyl groups is 3. The third-order valence-electron chi connectivity index (χ3n) is 11.1. The topological polar surface area (TPSA) is 169 Å². The van der Waals surface area contributed by atoms with Gasteiger partial charge in [0.05, 0.1) is 6.61 Å². The Kier molecular flexibility index (Phi) is 35.3. The zero-order valence-corrected chi connectivity index (χ0v) is 36.8. The highest BCUT2D eigenvalue weighted by Gasteiger charge is 2.47. The van der Waals surface area contributed by atoms with Gasteiger partial charge in [0.15, 0.2) is 18.5 Å². The summed E-state index contributed by atoms with van der Waals surface area (Å²) in [5.74, 6) is -2.44. The second-order valence-corrected chi connectivity index (χ2v) is 16.6. The fourth-order valence-corrected chi connectivity index (χ4v) is 7.33. The highest BCUT2D eigenvalue weighted by Crippen LogP contribution is 2.23. The molecule has 11 heteroatoms. The third kappa shape index (κ3) is 29.2. The van der Waals surface area contributed by atoms with Gasteiger partial charge in [0, 0.05) is 12.8 Å². The van der Waals surface area contributed by atoms with E-state index in [-0.39, 0.29) is 26.1 Å². The molecule has 0 aromatic heterocycles. The molecule has 0 saturated carbocycles. The van der Waals surface area contributed by atoms with Crippen molar-refractivity contribution in [3.8, 4) is 0 Å². The van der Waals surface area contributed by atoms with Crippen LogP contribution >= 0.6 is 0 Å². The van der Waals surface area contributed by atoms with Crippen LogP contribution in [-0.4, -0.2) is 88.4 Å². The SMILES string of the molecule is CCCC/C=C\CCCCCCCC(=O)OCC(COC1OC(C(=O)O)C(O)C(O)C1O)OC(=O)CCCCCCCCCCCCCCCCCCCCCCC. The molecule has 6 atom stereocenters. The molecule has 0 radical (unpaired) electrons. The number of aliphatic hydroxyl groups excluding tert-OH is 3. The van der Waals surface area contributed by atoms with Crippen LogP contribution in [0.2, 0.25) is 0 Å². The van der Waals surface area contributed by atoms with Gasteiger partial charge in [0.1, 0.15) is 24.9 Å². The summed E-state index contributed by atoms with van der Waals surface area (Å²) >= 11 is 0. The van der Waals surface area contributed by atoms with Gasteiger partial charge in [-0.25, -0.2) is 4.79 Å². The molecule has 1 rings (SSSR count). The lowest BCUT2D eigenvalue weighted by Gasteiger charge is -2.38. The Hall–Kier alpha value is -2.05. The van der Waals surface area contributed by atoms with E-state index >= 15 is 0 Å². The molecule has 0 aromatic carbocycles. The summed E-state index contributed by atoms with van der Waals surface area (Å²) in [4.78, 5) is 36.8. The zero-order valence-electron chi connectivity index (χ0n) is 36.8. The maximum absolute atomic E-state index is 12.8. The van der Waals surface area contributed by atoms with Gasteiger partial charge in [-0.3, -0.25) is 9.59 Å². The van der Waals surface area contributed by atoms with Gasteiger partial charge < -0.3 is 39.4 Å². The minimum Gasteiger partial charge on any atom is -0.479 e. The molecule has 1 aliphatic heterocycles. The van der Waals surface area contributed by atoms with Crippen LogP contribution in [-0.2, 0) is 33.3 Å². The number of carbonyl (C=O) groups is 3. The number of rotatable bonds is 40. The summed E-state index contributed by atoms with van der Waals surface area (Å²) < 4.78 is 21.7. The van der Waals surface area contributed by atoms with Crippen molar-refractivity contribution in [2.75, 3.05) is 13.2 Å². The highest BCUT2D eigenvalue weighted by atomic mass is 16.7. The predicted octanol–water partition coefficient (Wildman–Crippen LogP) is 10.4. The number of hydrogen-bond acceptors (Lipinski definition) is 10. The molecular formula is C47H86O11. The number of unbranched alkanes of at least 4 members (excludes halogenated alkanes) is 27. The quantitative estimate of drug-likeness (QED) is 0.0263. The van der Waals surface area contributed by atoms with E-state index in [1.54, 1.807) is 0 Å². The molecule has 4 N–H and O–H groups in total. The van der Waals surface area contributed by atoms with Crippen LogP contribution in [0.1, 0.15) is 219 Å². The van der Waals surface area contributed by atoms with Gasteiger partial charge >= 0.3 is 17.9 Å². The largest absolute Gasteiger partial charge is 0.479 e. The van der Waals surface area contributed by atoms with Crippen molar-refractivity contribution in [3.63, 3.8) is 0 Å². The third-order valence-corrected chi connectivity index (χ3v) is 11.1. The van der Waals surface area contributed by atoms with Gasteiger partial charge in [-0.05, 0) is 32.1 Å². The van der Waals surface area contributed by atoms with E-state index in [9.17, 15) is 34.8 Å². The molecule has 0 bridgehead atoms. The second-order valence-electron chi connectivity index (χ2n) is 16.6. The minimum absolute atomic E-state index is 0.187. The van der Waals surface area contributed by atoms with Crippen molar-refractivity contribution in [1.29, 1.82) is 0 Å². The Labute approximate surface area is 352 Å². The van der Waals surface area contributed by atoms with Crippen molar-refractivity contribution in [3.05, 3.63) is 12.2 Å². The first kappa shape index (κ1) is 54.0. The van der Waals surface area contributed by atoms with Crippen LogP contribution in [0.5, 0.6) is 0 Å². The molecule has 1 aliphatic rings. The summed E-state index contributed by atoms with van der Waals surface area (Å²) in [5.41, 5.74) is 0. The molecule has 0 spiro atoms. The molecule has 340 valence electrons. The van der Waals surface area contributed by atoms with Gasteiger partial charge in [-0.2, -0.15) is 0 Å². The second kappa shape index (κ2) is 37.9. The minimum atomic E-state index is -1.86. The summed E-state index contributed by atoms with van der Waals surface area (Å²) in [6.45, 7) is 3.79. The summed E-state index contributed by atoms with van der Waals surface area (Å²) in [7, 11) is 0. The average Bonchev–Trinajstić information content (AvgIpc) is 3.21. The van der Waals surface area contributed by atoms with E-state index in [1.165, 1.54) is 122 Å². The molecular weight excluding hydrogens is 741 g/mol. The smallest absolute Gasteiger partial charge is 0.335 e. The van der Waals surface area contributed by atoms with E-state index in [2.05, 4.69) is 26.0 Å². The standard InChI is InChI=1S/C47H86O11/c1-3-5-7-9-11-13-15-16-17-18-19-20-21-22-23-24-26-28-30-32-34-36-41(49)57-39(38-56-47-44(52)42(50)43(51)45(58-47)46(53)54)37-55-40(48)35-33-31-29-27-25-14-12-10-8-6-4-2/h10,12,39,42-45,47,50-52H,3-9,11,13-38H2,1-2H3,(H,53,54)/b12-10-. The van der Waals surface area contributed by atoms with Crippen molar-refractivity contribution in [1.82, 2.24) is 0 Å². The normalized spacial score (nSPS) is 20.1. The number of esters is 2. The summed E-state index contributed by atoms with van der Waals surface area (Å²) in [6.07, 6.45) is 31.3. The number of carboxylic acids is 1. The van der Waals surface area contributed by atoms with Crippen LogP contribution in [0.3, 0.4) is 0 Å². The van der Waals surface area contributed by atoms with Crippen LogP contribution in [0, 0.1) is 0 Å². The molecule has 11 nitrogen and oxygen atoms in total. The number of hydrogen-bond donors (Lipinski definition) is 4. The molecule has 58 heavy (non-hydrogen) atoms. The first-order valence-electron chi connectivity index (χ1n) is 23.7. The van der Waals surface area contributed by atoms with Gasteiger partial charge in [-0.1, -0.05) is 187 Å². The fraction of sp³-hybridized carbons (Fsp3) is 0.894. The van der Waals surface area contributed by atoms with Gasteiger partial charge in [0.2, 0.25) is 0 Å². The first-order chi connectivity index (χ1) is 28.2. The van der Waals surface area contributed by atoms with Gasteiger partial charge in [0.25, 0.3) is 0 Å². The van der Waals surface area contributed by atoms with Crippen LogP contribution < -0.4 is 0 Å². The lowest BCUT2D eigenvalue weighted by molar-refractivity contribution is -0.298. The van der Waals surface area contributed by atoms with E-state index < -0.39 is 54.7 Å². The van der Waals surface area contributed by atoms with Crippen molar-refractivity contribution in [2.24, 2.45) is 0 Å². The molecule has 1 heterocycles. The Morgan fingerprint density at radius 3 is 1.40 bits per heavy atom.